The van der Waals surface area contributed by atoms with Crippen molar-refractivity contribution in [3.05, 3.63) is 71.9 Å². The first-order valence-corrected chi connectivity index (χ1v) is 8.59. The molecule has 4 aromatic rings. The first-order chi connectivity index (χ1) is 14.1. The minimum atomic E-state index is -4.78. The lowest BCUT2D eigenvalue weighted by molar-refractivity contribution is -0.142. The van der Waals surface area contributed by atoms with Gasteiger partial charge in [0.05, 0.1) is 11.3 Å². The summed E-state index contributed by atoms with van der Waals surface area (Å²) in [4.78, 5) is 12.2. The molecule has 0 saturated carbocycles. The van der Waals surface area contributed by atoms with Gasteiger partial charge in [-0.1, -0.05) is 12.1 Å². The Morgan fingerprint density at radius 3 is 2.30 bits per heavy atom. The van der Waals surface area contributed by atoms with Crippen LogP contribution in [-0.2, 0) is 12.4 Å². The van der Waals surface area contributed by atoms with Crippen molar-refractivity contribution in [3.8, 4) is 22.5 Å². The number of alkyl halides is 6. The van der Waals surface area contributed by atoms with Crippen molar-refractivity contribution in [2.75, 3.05) is 0 Å². The SMILES string of the molecule is Cc1ccc(-c2cc(C(F)(F)F)n3cnc(-c4cccnc4)c3n2)cc1C(F)(F)F. The highest BCUT2D eigenvalue weighted by Gasteiger charge is 2.36. The molecule has 0 aliphatic rings. The van der Waals surface area contributed by atoms with Gasteiger partial charge in [-0.3, -0.25) is 9.38 Å². The fourth-order valence-electron chi connectivity index (χ4n) is 3.13. The lowest BCUT2D eigenvalue weighted by Gasteiger charge is -2.14. The van der Waals surface area contributed by atoms with E-state index in [4.69, 9.17) is 0 Å². The number of aromatic nitrogens is 4. The standard InChI is InChI=1S/C20H12F6N4/c1-11-4-5-12(7-14(11)19(21,22)23)15-8-16(20(24,25)26)30-10-28-17(18(30)29-15)13-3-2-6-27-9-13/h2-10H,1H3. The Hall–Kier alpha value is -3.43. The van der Waals surface area contributed by atoms with Crippen molar-refractivity contribution in [2.24, 2.45) is 0 Å². The molecular weight excluding hydrogens is 410 g/mol. The molecule has 0 atom stereocenters. The van der Waals surface area contributed by atoms with Crippen LogP contribution in [0.5, 0.6) is 0 Å². The van der Waals surface area contributed by atoms with Crippen molar-refractivity contribution < 1.29 is 26.3 Å². The molecule has 0 N–H and O–H groups in total. The summed E-state index contributed by atoms with van der Waals surface area (Å²) >= 11 is 0. The van der Waals surface area contributed by atoms with Gasteiger partial charge in [-0.15, -0.1) is 0 Å². The molecule has 1 aromatic carbocycles. The summed E-state index contributed by atoms with van der Waals surface area (Å²) in [5.41, 5.74) is -1.97. The number of aryl methyl sites for hydroxylation is 1. The molecular formula is C20H12F6N4. The van der Waals surface area contributed by atoms with Gasteiger partial charge in [0.2, 0.25) is 0 Å². The Bertz CT molecular complexity index is 1230. The summed E-state index contributed by atoms with van der Waals surface area (Å²) in [6, 6.07) is 7.22. The second-order valence-electron chi connectivity index (χ2n) is 6.58. The lowest BCUT2D eigenvalue weighted by atomic mass is 10.0. The van der Waals surface area contributed by atoms with Gasteiger partial charge in [-0.05, 0) is 36.8 Å². The topological polar surface area (TPSA) is 43.1 Å². The Morgan fingerprint density at radius 2 is 1.67 bits per heavy atom. The van der Waals surface area contributed by atoms with Gasteiger partial charge in [0.15, 0.2) is 5.65 Å². The van der Waals surface area contributed by atoms with Crippen LogP contribution in [-0.4, -0.2) is 19.4 Å². The first-order valence-electron chi connectivity index (χ1n) is 8.59. The monoisotopic (exact) mass is 422 g/mol. The number of hydrogen-bond acceptors (Lipinski definition) is 3. The maximum atomic E-state index is 13.7. The van der Waals surface area contributed by atoms with Crippen LogP contribution in [0.4, 0.5) is 26.3 Å². The summed E-state index contributed by atoms with van der Waals surface area (Å²) in [6.45, 7) is 1.28. The van der Waals surface area contributed by atoms with Gasteiger partial charge in [0.25, 0.3) is 0 Å². The Balaban J connectivity index is 2.00. The molecule has 10 heteroatoms. The third-order valence-corrected chi connectivity index (χ3v) is 4.57. The zero-order chi connectivity index (χ0) is 21.7. The highest BCUT2D eigenvalue weighted by atomic mass is 19.4. The highest BCUT2D eigenvalue weighted by Crippen LogP contribution is 2.37. The van der Waals surface area contributed by atoms with E-state index in [0.29, 0.717) is 11.6 Å². The van der Waals surface area contributed by atoms with E-state index in [1.54, 1.807) is 12.1 Å². The molecule has 0 saturated heterocycles. The van der Waals surface area contributed by atoms with E-state index in [9.17, 15) is 26.3 Å². The van der Waals surface area contributed by atoms with Gasteiger partial charge < -0.3 is 0 Å². The van der Waals surface area contributed by atoms with Crippen molar-refractivity contribution in [3.63, 3.8) is 0 Å². The second-order valence-corrected chi connectivity index (χ2v) is 6.58. The molecule has 4 rings (SSSR count). The van der Waals surface area contributed by atoms with E-state index in [1.165, 1.54) is 31.5 Å². The first kappa shape index (κ1) is 19.9. The van der Waals surface area contributed by atoms with E-state index >= 15 is 0 Å². The average molecular weight is 422 g/mol. The van der Waals surface area contributed by atoms with Crippen molar-refractivity contribution in [1.82, 2.24) is 19.4 Å². The molecule has 0 spiro atoms. The van der Waals surface area contributed by atoms with E-state index in [0.717, 1.165) is 16.8 Å². The number of nitrogens with zero attached hydrogens (tertiary/aromatic N) is 4. The maximum Gasteiger partial charge on any atom is 0.431 e. The Labute approximate surface area is 165 Å². The van der Waals surface area contributed by atoms with E-state index in [2.05, 4.69) is 15.0 Å². The minimum Gasteiger partial charge on any atom is -0.278 e. The van der Waals surface area contributed by atoms with Gasteiger partial charge in [-0.25, -0.2) is 9.97 Å². The van der Waals surface area contributed by atoms with Crippen LogP contribution >= 0.6 is 0 Å². The van der Waals surface area contributed by atoms with Crippen LogP contribution in [0.2, 0.25) is 0 Å². The molecule has 0 bridgehead atoms. The molecule has 0 radical (unpaired) electrons. The summed E-state index contributed by atoms with van der Waals surface area (Å²) in [6.07, 6.45) is -5.53. The minimum absolute atomic E-state index is 0.0382. The molecule has 4 nitrogen and oxygen atoms in total. The predicted octanol–water partition coefficient (Wildman–Crippen LogP) is 5.80. The quantitative estimate of drug-likeness (QED) is 0.383. The predicted molar refractivity (Wildman–Crippen MR) is 96.4 cm³/mol. The third-order valence-electron chi connectivity index (χ3n) is 4.57. The van der Waals surface area contributed by atoms with Crippen LogP contribution in [0.3, 0.4) is 0 Å². The fourth-order valence-corrected chi connectivity index (χ4v) is 3.13. The number of hydrogen-bond donors (Lipinski definition) is 0. The molecule has 154 valence electrons. The van der Waals surface area contributed by atoms with Gasteiger partial charge in [-0.2, -0.15) is 26.3 Å². The van der Waals surface area contributed by atoms with Crippen LogP contribution < -0.4 is 0 Å². The van der Waals surface area contributed by atoms with Crippen molar-refractivity contribution in [2.45, 2.75) is 19.3 Å². The summed E-state index contributed by atoms with van der Waals surface area (Å²) < 4.78 is 81.7. The van der Waals surface area contributed by atoms with Crippen molar-refractivity contribution >= 4 is 5.65 Å². The molecule has 0 fully saturated rings. The lowest BCUT2D eigenvalue weighted by Crippen LogP contribution is -2.13. The Kier molecular flexibility index (Phi) is 4.52. The van der Waals surface area contributed by atoms with E-state index < -0.39 is 23.6 Å². The largest absolute Gasteiger partial charge is 0.431 e. The summed E-state index contributed by atoms with van der Waals surface area (Å²) in [7, 11) is 0. The van der Waals surface area contributed by atoms with Crippen LogP contribution in [0.1, 0.15) is 16.8 Å². The molecule has 3 aromatic heterocycles. The smallest absolute Gasteiger partial charge is 0.278 e. The molecule has 0 unspecified atom stereocenters. The number of benzene rings is 1. The van der Waals surface area contributed by atoms with Crippen molar-refractivity contribution in [1.29, 1.82) is 0 Å². The molecule has 3 heterocycles. The van der Waals surface area contributed by atoms with Crippen LogP contribution in [0, 0.1) is 6.92 Å². The zero-order valence-corrected chi connectivity index (χ0v) is 15.3. The third kappa shape index (κ3) is 3.49. The van der Waals surface area contributed by atoms with Crippen LogP contribution in [0.15, 0.2) is 55.1 Å². The number of rotatable bonds is 2. The maximum absolute atomic E-state index is 13.7. The van der Waals surface area contributed by atoms with E-state index in [1.807, 2.05) is 0 Å². The second kappa shape index (κ2) is 6.82. The van der Waals surface area contributed by atoms with E-state index in [-0.39, 0.29) is 28.2 Å². The Morgan fingerprint density at radius 1 is 0.900 bits per heavy atom. The van der Waals surface area contributed by atoms with Gasteiger partial charge in [0.1, 0.15) is 17.7 Å². The normalized spacial score (nSPS) is 12.5. The number of halogens is 6. The van der Waals surface area contributed by atoms with Gasteiger partial charge in [0, 0.05) is 23.5 Å². The van der Waals surface area contributed by atoms with Crippen LogP contribution in [0.25, 0.3) is 28.2 Å². The molecule has 0 amide bonds. The van der Waals surface area contributed by atoms with Gasteiger partial charge >= 0.3 is 12.4 Å². The fraction of sp³-hybridized carbons (Fsp3) is 0.150. The summed E-state index contributed by atoms with van der Waals surface area (Å²) in [5.74, 6) is 0. The molecule has 30 heavy (non-hydrogen) atoms. The summed E-state index contributed by atoms with van der Waals surface area (Å²) in [5, 5.41) is 0. The highest BCUT2D eigenvalue weighted by molar-refractivity contribution is 5.76. The number of fused-ring (bicyclic) bond motifs is 1. The number of pyridine rings is 1. The number of imidazole rings is 1. The molecule has 0 aliphatic heterocycles. The average Bonchev–Trinajstić information content (AvgIpc) is 3.10. The zero-order valence-electron chi connectivity index (χ0n) is 15.3. The molecule has 0 aliphatic carbocycles.